The zero-order valence-electron chi connectivity index (χ0n) is 9.30. The maximum absolute atomic E-state index is 13.3. The lowest BCUT2D eigenvalue weighted by molar-refractivity contribution is -0.137. The second-order valence-electron chi connectivity index (χ2n) is 3.75. The monoisotopic (exact) mass is 242 g/mol. The fourth-order valence-corrected chi connectivity index (χ4v) is 1.41. The van der Waals surface area contributed by atoms with Crippen LogP contribution in [-0.4, -0.2) is 16.9 Å². The van der Waals surface area contributed by atoms with Crippen LogP contribution in [0.2, 0.25) is 0 Å². The molecule has 1 N–H and O–H groups in total. The standard InChI is InChI=1S/C12H12F2O3/c1-7-5-8(10(14)6-9(7)13)11(15)3-2-4-12(16)17/h5-6H,2-4H2,1H3,(H,16,17). The maximum Gasteiger partial charge on any atom is 0.303 e. The van der Waals surface area contributed by atoms with Gasteiger partial charge in [0.05, 0.1) is 5.56 Å². The Bertz CT molecular complexity index is 455. The molecule has 0 spiro atoms. The smallest absolute Gasteiger partial charge is 0.303 e. The highest BCUT2D eigenvalue weighted by Gasteiger charge is 2.14. The number of rotatable bonds is 5. The van der Waals surface area contributed by atoms with Crippen molar-refractivity contribution in [2.45, 2.75) is 26.2 Å². The molecule has 3 nitrogen and oxygen atoms in total. The average molecular weight is 242 g/mol. The summed E-state index contributed by atoms with van der Waals surface area (Å²) in [5.41, 5.74) is 0.00210. The van der Waals surface area contributed by atoms with Crippen LogP contribution in [0.25, 0.3) is 0 Å². The number of halogens is 2. The Morgan fingerprint density at radius 2 is 1.82 bits per heavy atom. The van der Waals surface area contributed by atoms with Gasteiger partial charge in [-0.2, -0.15) is 0 Å². The number of aliphatic carboxylic acids is 1. The number of carboxylic acid groups (broad SMARTS) is 1. The van der Waals surface area contributed by atoms with Crippen molar-refractivity contribution in [3.63, 3.8) is 0 Å². The quantitative estimate of drug-likeness (QED) is 0.807. The number of Topliss-reactive ketones (excluding diaryl/α,β-unsaturated/α-hetero) is 1. The van der Waals surface area contributed by atoms with E-state index in [9.17, 15) is 18.4 Å². The third-order valence-electron chi connectivity index (χ3n) is 2.34. The summed E-state index contributed by atoms with van der Waals surface area (Å²) in [7, 11) is 0. The van der Waals surface area contributed by atoms with Crippen LogP contribution in [0.1, 0.15) is 35.2 Å². The summed E-state index contributed by atoms with van der Waals surface area (Å²) >= 11 is 0. The fraction of sp³-hybridized carbons (Fsp3) is 0.333. The zero-order valence-corrected chi connectivity index (χ0v) is 9.30. The first-order chi connectivity index (χ1) is 7.91. The molecule has 0 aliphatic rings. The van der Waals surface area contributed by atoms with Gasteiger partial charge in [0.15, 0.2) is 5.78 Å². The van der Waals surface area contributed by atoms with Crippen LogP contribution in [0.4, 0.5) is 8.78 Å². The van der Waals surface area contributed by atoms with Crippen molar-refractivity contribution in [2.24, 2.45) is 0 Å². The molecule has 0 aromatic heterocycles. The van der Waals surface area contributed by atoms with E-state index < -0.39 is 23.4 Å². The molecule has 0 radical (unpaired) electrons. The van der Waals surface area contributed by atoms with Gasteiger partial charge >= 0.3 is 5.97 Å². The second-order valence-corrected chi connectivity index (χ2v) is 3.75. The van der Waals surface area contributed by atoms with Crippen LogP contribution in [0.3, 0.4) is 0 Å². The van der Waals surface area contributed by atoms with Crippen molar-refractivity contribution in [2.75, 3.05) is 0 Å². The van der Waals surface area contributed by atoms with Crippen LogP contribution in [0.15, 0.2) is 12.1 Å². The number of hydrogen-bond donors (Lipinski definition) is 1. The number of carbonyl (C=O) groups excluding carboxylic acids is 1. The molecule has 0 bridgehead atoms. The predicted molar refractivity (Wildman–Crippen MR) is 56.9 cm³/mol. The summed E-state index contributed by atoms with van der Waals surface area (Å²) < 4.78 is 26.2. The van der Waals surface area contributed by atoms with Crippen LogP contribution in [0.5, 0.6) is 0 Å². The molecule has 0 amide bonds. The van der Waals surface area contributed by atoms with E-state index in [4.69, 9.17) is 5.11 Å². The first-order valence-electron chi connectivity index (χ1n) is 5.12. The summed E-state index contributed by atoms with van der Waals surface area (Å²) in [6.45, 7) is 1.43. The van der Waals surface area contributed by atoms with Gasteiger partial charge in [-0.1, -0.05) is 0 Å². The first kappa shape index (κ1) is 13.3. The van der Waals surface area contributed by atoms with Crippen LogP contribution in [0, 0.1) is 18.6 Å². The SMILES string of the molecule is Cc1cc(C(=O)CCCC(=O)O)c(F)cc1F. The van der Waals surface area contributed by atoms with E-state index in [0.29, 0.717) is 6.07 Å². The Morgan fingerprint density at radius 1 is 1.18 bits per heavy atom. The Balaban J connectivity index is 2.75. The minimum atomic E-state index is -1.01. The van der Waals surface area contributed by atoms with Crippen molar-refractivity contribution in [1.29, 1.82) is 0 Å². The van der Waals surface area contributed by atoms with Crippen molar-refractivity contribution < 1.29 is 23.5 Å². The number of benzene rings is 1. The summed E-state index contributed by atoms with van der Waals surface area (Å²) in [4.78, 5) is 21.8. The zero-order chi connectivity index (χ0) is 13.0. The van der Waals surface area contributed by atoms with Crippen molar-refractivity contribution in [3.05, 3.63) is 34.9 Å². The number of aryl methyl sites for hydroxylation is 1. The van der Waals surface area contributed by atoms with E-state index in [1.807, 2.05) is 0 Å². The molecule has 1 aromatic rings. The van der Waals surface area contributed by atoms with Gasteiger partial charge in [-0.3, -0.25) is 9.59 Å². The molecule has 92 valence electrons. The van der Waals surface area contributed by atoms with Gasteiger partial charge in [0.25, 0.3) is 0 Å². The molecule has 0 atom stereocenters. The minimum absolute atomic E-state index is 0.0612. The lowest BCUT2D eigenvalue weighted by Crippen LogP contribution is -2.05. The fourth-order valence-electron chi connectivity index (χ4n) is 1.41. The van der Waals surface area contributed by atoms with Gasteiger partial charge in [-0.25, -0.2) is 8.78 Å². The van der Waals surface area contributed by atoms with Crippen molar-refractivity contribution in [3.8, 4) is 0 Å². The molecule has 0 saturated heterocycles. The maximum atomic E-state index is 13.3. The minimum Gasteiger partial charge on any atom is -0.481 e. The lowest BCUT2D eigenvalue weighted by atomic mass is 10.0. The number of carboxylic acids is 1. The normalized spacial score (nSPS) is 10.3. The van der Waals surface area contributed by atoms with Gasteiger partial charge < -0.3 is 5.11 Å². The summed E-state index contributed by atoms with van der Waals surface area (Å²) in [5, 5.41) is 8.40. The van der Waals surface area contributed by atoms with Crippen molar-refractivity contribution >= 4 is 11.8 Å². The Morgan fingerprint density at radius 3 is 2.41 bits per heavy atom. The van der Waals surface area contributed by atoms with Gasteiger partial charge in [0, 0.05) is 18.9 Å². The van der Waals surface area contributed by atoms with Gasteiger partial charge in [-0.15, -0.1) is 0 Å². The molecule has 1 aromatic carbocycles. The highest BCUT2D eigenvalue weighted by molar-refractivity contribution is 5.96. The van der Waals surface area contributed by atoms with Crippen LogP contribution in [-0.2, 0) is 4.79 Å². The Kier molecular flexibility index (Phi) is 4.31. The summed E-state index contributed by atoms with van der Waals surface area (Å²) in [5.74, 6) is -3.13. The molecule has 5 heteroatoms. The van der Waals surface area contributed by atoms with E-state index in [2.05, 4.69) is 0 Å². The summed E-state index contributed by atoms with van der Waals surface area (Å²) in [6.07, 6.45) is -0.0636. The van der Waals surface area contributed by atoms with Gasteiger partial charge in [0.1, 0.15) is 11.6 Å². The predicted octanol–water partition coefficient (Wildman–Crippen LogP) is 2.71. The van der Waals surface area contributed by atoms with Gasteiger partial charge in [0.2, 0.25) is 0 Å². The third kappa shape index (κ3) is 3.62. The molecular weight excluding hydrogens is 230 g/mol. The highest BCUT2D eigenvalue weighted by atomic mass is 19.1. The van der Waals surface area contributed by atoms with E-state index in [1.165, 1.54) is 6.92 Å². The molecule has 0 heterocycles. The lowest BCUT2D eigenvalue weighted by Gasteiger charge is -2.04. The number of ketones is 1. The summed E-state index contributed by atoms with van der Waals surface area (Å²) in [6, 6.07) is 1.81. The largest absolute Gasteiger partial charge is 0.481 e. The van der Waals surface area contributed by atoms with E-state index in [-0.39, 0.29) is 30.4 Å². The first-order valence-corrected chi connectivity index (χ1v) is 5.12. The van der Waals surface area contributed by atoms with E-state index in [1.54, 1.807) is 0 Å². The van der Waals surface area contributed by atoms with Crippen molar-refractivity contribution in [1.82, 2.24) is 0 Å². The Labute approximate surface area is 97.1 Å². The molecule has 0 saturated carbocycles. The topological polar surface area (TPSA) is 54.4 Å². The molecule has 0 fully saturated rings. The van der Waals surface area contributed by atoms with Crippen LogP contribution >= 0.6 is 0 Å². The molecular formula is C12H12F2O3. The van der Waals surface area contributed by atoms with Gasteiger partial charge in [-0.05, 0) is 25.0 Å². The average Bonchev–Trinajstić information content (AvgIpc) is 2.22. The highest BCUT2D eigenvalue weighted by Crippen LogP contribution is 2.16. The Hall–Kier alpha value is -1.78. The molecule has 17 heavy (non-hydrogen) atoms. The second kappa shape index (κ2) is 5.52. The third-order valence-corrected chi connectivity index (χ3v) is 2.34. The van der Waals surface area contributed by atoms with Crippen LogP contribution < -0.4 is 0 Å². The molecule has 1 rings (SSSR count). The van der Waals surface area contributed by atoms with E-state index in [0.717, 1.165) is 6.07 Å². The number of carbonyl (C=O) groups is 2. The number of hydrogen-bond acceptors (Lipinski definition) is 2. The molecule has 0 aliphatic carbocycles. The molecule has 0 unspecified atom stereocenters. The molecule has 0 aliphatic heterocycles. The van der Waals surface area contributed by atoms with E-state index >= 15 is 0 Å².